The number of rotatable bonds is 7. The Morgan fingerprint density at radius 2 is 2.04 bits per heavy atom. The number of hydrogen-bond donors (Lipinski definition) is 1. The number of aliphatic hydroxyl groups excluding tert-OH is 1. The predicted octanol–water partition coefficient (Wildman–Crippen LogP) is 3.91. The van der Waals surface area contributed by atoms with Gasteiger partial charge in [0.25, 0.3) is 0 Å². The van der Waals surface area contributed by atoms with Crippen molar-refractivity contribution in [2.24, 2.45) is 10.1 Å². The number of hydrogen-bond acceptors (Lipinski definition) is 5. The van der Waals surface area contributed by atoms with Gasteiger partial charge in [0, 0.05) is 34.8 Å². The maximum atomic E-state index is 8.77. The molecule has 2 aromatic carbocycles. The second-order valence-electron chi connectivity index (χ2n) is 5.45. The third-order valence-corrected chi connectivity index (χ3v) is 3.76. The van der Waals surface area contributed by atoms with E-state index in [-0.39, 0.29) is 12.7 Å². The fourth-order valence-electron chi connectivity index (χ4n) is 2.54. The molecule has 1 heterocycles. The maximum Gasteiger partial charge on any atom is 0.216 e. The zero-order valence-electron chi connectivity index (χ0n) is 13.6. The van der Waals surface area contributed by atoms with E-state index >= 15 is 0 Å². The quantitative estimate of drug-likeness (QED) is 0.358. The highest BCUT2D eigenvalue weighted by Gasteiger charge is 2.24. The van der Waals surface area contributed by atoms with Crippen molar-refractivity contribution in [2.45, 2.75) is 12.5 Å². The molecule has 7 nitrogen and oxygen atoms in total. The summed E-state index contributed by atoms with van der Waals surface area (Å²) in [5, 5.41) is 12.5. The third-order valence-electron chi connectivity index (χ3n) is 3.76. The van der Waals surface area contributed by atoms with E-state index in [4.69, 9.17) is 20.1 Å². The van der Waals surface area contributed by atoms with Gasteiger partial charge >= 0.3 is 0 Å². The van der Waals surface area contributed by atoms with Crippen LogP contribution in [0.15, 0.2) is 58.6 Å². The summed E-state index contributed by atoms with van der Waals surface area (Å²) in [5.74, 6) is 1.30. The van der Waals surface area contributed by atoms with Crippen LogP contribution in [0.2, 0.25) is 0 Å². The number of aliphatic hydroxyl groups is 1. The number of azide groups is 1. The van der Waals surface area contributed by atoms with Crippen LogP contribution in [0.3, 0.4) is 0 Å². The van der Waals surface area contributed by atoms with Gasteiger partial charge in [0.05, 0.1) is 13.2 Å². The first-order valence-corrected chi connectivity index (χ1v) is 8.01. The molecule has 3 rings (SSSR count). The summed E-state index contributed by atoms with van der Waals surface area (Å²) in [5.41, 5.74) is 10.9. The van der Waals surface area contributed by atoms with Crippen LogP contribution in [-0.2, 0) is 4.74 Å². The lowest BCUT2D eigenvalue weighted by molar-refractivity contribution is 0.230. The number of benzene rings is 2. The molecule has 1 atom stereocenters. The Kier molecular flexibility index (Phi) is 5.51. The molecular weight excluding hydrogens is 320 g/mol. The first kappa shape index (κ1) is 16.8. The minimum absolute atomic E-state index is 0.113. The highest BCUT2D eigenvalue weighted by Crippen LogP contribution is 2.32. The average molecular weight is 338 g/mol. The molecule has 0 unspecified atom stereocenters. The van der Waals surface area contributed by atoms with Gasteiger partial charge in [0.1, 0.15) is 11.9 Å². The molecule has 25 heavy (non-hydrogen) atoms. The van der Waals surface area contributed by atoms with Gasteiger partial charge in [0.2, 0.25) is 5.90 Å². The number of ether oxygens (including phenoxy) is 2. The Hall–Kier alpha value is -3.02. The van der Waals surface area contributed by atoms with Crippen LogP contribution in [0, 0.1) is 0 Å². The molecule has 1 aliphatic rings. The summed E-state index contributed by atoms with van der Waals surface area (Å²) >= 11 is 0. The molecule has 0 saturated carbocycles. The van der Waals surface area contributed by atoms with E-state index in [9.17, 15) is 0 Å². The second kappa shape index (κ2) is 8.19. The zero-order chi connectivity index (χ0) is 17.5. The largest absolute Gasteiger partial charge is 0.494 e. The van der Waals surface area contributed by atoms with Crippen molar-refractivity contribution in [3.8, 4) is 5.75 Å². The van der Waals surface area contributed by atoms with Crippen LogP contribution in [-0.4, -0.2) is 30.8 Å². The molecule has 1 N–H and O–H groups in total. The summed E-state index contributed by atoms with van der Waals surface area (Å²) in [6.45, 7) is 1.06. The van der Waals surface area contributed by atoms with E-state index in [2.05, 4.69) is 15.0 Å². The van der Waals surface area contributed by atoms with Gasteiger partial charge in [-0.2, -0.15) is 0 Å². The van der Waals surface area contributed by atoms with Gasteiger partial charge in [-0.25, -0.2) is 4.99 Å². The standard InChI is InChI=1S/C18H18N4O3/c19-22-21-16-5-2-1-4-15(16)17-12-20-18(25-17)13-6-8-14(9-7-13)24-11-3-10-23/h1-2,4-9,17,23H,3,10-12H2/t17-/m0/s1. The Morgan fingerprint density at radius 3 is 2.80 bits per heavy atom. The van der Waals surface area contributed by atoms with Gasteiger partial charge in [0.15, 0.2) is 0 Å². The van der Waals surface area contributed by atoms with Gasteiger partial charge in [-0.1, -0.05) is 29.4 Å². The Bertz CT molecular complexity index is 798. The summed E-state index contributed by atoms with van der Waals surface area (Å²) in [6, 6.07) is 14.8. The Morgan fingerprint density at radius 1 is 1.24 bits per heavy atom. The van der Waals surface area contributed by atoms with E-state index in [0.717, 1.165) is 16.9 Å². The van der Waals surface area contributed by atoms with Gasteiger partial charge in [-0.05, 0) is 29.8 Å². The molecule has 0 fully saturated rings. The van der Waals surface area contributed by atoms with E-state index < -0.39 is 0 Å². The lowest BCUT2D eigenvalue weighted by Crippen LogP contribution is -2.06. The molecular formula is C18H18N4O3. The van der Waals surface area contributed by atoms with Crippen molar-refractivity contribution in [2.75, 3.05) is 19.8 Å². The van der Waals surface area contributed by atoms with E-state index in [1.807, 2.05) is 42.5 Å². The molecule has 1 aliphatic heterocycles. The van der Waals surface area contributed by atoms with E-state index in [1.54, 1.807) is 6.07 Å². The average Bonchev–Trinajstić information content (AvgIpc) is 3.13. The first-order chi connectivity index (χ1) is 12.3. The minimum atomic E-state index is -0.266. The topological polar surface area (TPSA) is 99.8 Å². The molecule has 0 spiro atoms. The summed E-state index contributed by atoms with van der Waals surface area (Å²) in [7, 11) is 0. The fourth-order valence-corrected chi connectivity index (χ4v) is 2.54. The molecule has 0 saturated heterocycles. The van der Waals surface area contributed by atoms with Crippen LogP contribution in [0.25, 0.3) is 10.4 Å². The molecule has 2 aromatic rings. The number of nitrogens with zero attached hydrogens (tertiary/aromatic N) is 4. The van der Waals surface area contributed by atoms with Crippen molar-refractivity contribution in [1.29, 1.82) is 0 Å². The van der Waals surface area contributed by atoms with Crippen molar-refractivity contribution in [3.63, 3.8) is 0 Å². The van der Waals surface area contributed by atoms with Crippen LogP contribution in [0.1, 0.15) is 23.7 Å². The molecule has 0 aliphatic carbocycles. The van der Waals surface area contributed by atoms with E-state index in [0.29, 0.717) is 31.2 Å². The van der Waals surface area contributed by atoms with Crippen LogP contribution >= 0.6 is 0 Å². The summed E-state index contributed by atoms with van der Waals surface area (Å²) < 4.78 is 11.5. The van der Waals surface area contributed by atoms with Crippen LogP contribution in [0.4, 0.5) is 5.69 Å². The molecule has 0 bridgehead atoms. The molecule has 128 valence electrons. The van der Waals surface area contributed by atoms with Crippen molar-refractivity contribution in [1.82, 2.24) is 0 Å². The summed E-state index contributed by atoms with van der Waals surface area (Å²) in [6.07, 6.45) is 0.335. The minimum Gasteiger partial charge on any atom is -0.494 e. The van der Waals surface area contributed by atoms with Crippen molar-refractivity contribution >= 4 is 11.6 Å². The Balaban J connectivity index is 1.67. The van der Waals surface area contributed by atoms with Gasteiger partial charge in [-0.15, -0.1) is 0 Å². The Labute approximate surface area is 145 Å². The molecule has 7 heteroatoms. The SMILES string of the molecule is [N-]=[N+]=Nc1ccccc1[C@@H]1CN=C(c2ccc(OCCCO)cc2)O1. The van der Waals surface area contributed by atoms with Gasteiger partial charge < -0.3 is 14.6 Å². The lowest BCUT2D eigenvalue weighted by atomic mass is 10.1. The second-order valence-corrected chi connectivity index (χ2v) is 5.45. The zero-order valence-corrected chi connectivity index (χ0v) is 13.6. The summed E-state index contributed by atoms with van der Waals surface area (Å²) in [4.78, 5) is 7.31. The van der Waals surface area contributed by atoms with Crippen molar-refractivity contribution < 1.29 is 14.6 Å². The molecule has 0 amide bonds. The van der Waals surface area contributed by atoms with Crippen LogP contribution in [0.5, 0.6) is 5.75 Å². The van der Waals surface area contributed by atoms with Gasteiger partial charge in [-0.3, -0.25) is 0 Å². The van der Waals surface area contributed by atoms with Crippen molar-refractivity contribution in [3.05, 3.63) is 70.1 Å². The molecule has 0 aromatic heterocycles. The normalized spacial score (nSPS) is 15.9. The smallest absolute Gasteiger partial charge is 0.216 e. The predicted molar refractivity (Wildman–Crippen MR) is 94.1 cm³/mol. The van der Waals surface area contributed by atoms with Crippen LogP contribution < -0.4 is 4.74 Å². The molecule has 0 radical (unpaired) electrons. The monoisotopic (exact) mass is 338 g/mol. The first-order valence-electron chi connectivity index (χ1n) is 8.01. The highest BCUT2D eigenvalue weighted by atomic mass is 16.5. The fraction of sp³-hybridized carbons (Fsp3) is 0.278. The number of aliphatic imine (C=N–C) groups is 1. The van der Waals surface area contributed by atoms with E-state index in [1.165, 1.54) is 0 Å². The highest BCUT2D eigenvalue weighted by molar-refractivity contribution is 5.95. The third kappa shape index (κ3) is 4.09. The lowest BCUT2D eigenvalue weighted by Gasteiger charge is -2.14. The maximum absolute atomic E-state index is 8.77.